The molecule has 0 amide bonds. The molecule has 2 heteroatoms. The van der Waals surface area contributed by atoms with Crippen molar-refractivity contribution in [2.45, 2.75) is 5.60 Å². The first kappa shape index (κ1) is 12.4. The van der Waals surface area contributed by atoms with Crippen molar-refractivity contribution in [2.75, 3.05) is 0 Å². The average Bonchev–Trinajstić information content (AvgIpc) is 2.79. The highest BCUT2D eigenvalue weighted by Gasteiger charge is 2.42. The van der Waals surface area contributed by atoms with E-state index in [1.807, 2.05) is 60.7 Å². The van der Waals surface area contributed by atoms with Crippen LogP contribution in [0.2, 0.25) is 0 Å². The molecule has 0 bridgehead atoms. The predicted octanol–water partition coefficient (Wildman–Crippen LogP) is 2.75. The van der Waals surface area contributed by atoms with Crippen LogP contribution in [0.25, 0.3) is 11.1 Å². The first-order valence-corrected chi connectivity index (χ1v) is 6.99. The number of hydrogen-bond donors (Lipinski definition) is 1. The van der Waals surface area contributed by atoms with E-state index < -0.39 is 5.60 Å². The average molecular weight is 268 g/mol. The van der Waals surface area contributed by atoms with Crippen molar-refractivity contribution < 1.29 is 5.11 Å². The second-order valence-electron chi connectivity index (χ2n) is 5.43. The minimum absolute atomic E-state index is 0.655. The monoisotopic (exact) mass is 268 g/mol. The molecular weight excluding hydrogens is 255 g/mol. The van der Waals surface area contributed by atoms with Gasteiger partial charge in [-0.05, 0) is 16.7 Å². The Hall–Kier alpha value is -2.32. The Morgan fingerprint density at radius 1 is 0.714 bits per heavy atom. The molecule has 1 aliphatic rings. The first-order valence-electron chi connectivity index (χ1n) is 6.99. The zero-order chi connectivity index (χ0) is 14.4. The van der Waals surface area contributed by atoms with E-state index in [9.17, 15) is 5.11 Å². The van der Waals surface area contributed by atoms with E-state index in [0.717, 1.165) is 27.8 Å². The minimum atomic E-state index is -1.14. The van der Waals surface area contributed by atoms with Gasteiger partial charge in [0.05, 0.1) is 0 Å². The van der Waals surface area contributed by atoms with E-state index >= 15 is 0 Å². The fourth-order valence-electron chi connectivity index (χ4n) is 3.29. The summed E-state index contributed by atoms with van der Waals surface area (Å²) in [6.45, 7) is 0. The lowest BCUT2D eigenvalue weighted by Gasteiger charge is -2.27. The lowest BCUT2D eigenvalue weighted by molar-refractivity contribution is 0.131. The van der Waals surface area contributed by atoms with Crippen molar-refractivity contribution in [2.24, 2.45) is 0 Å². The number of fused-ring (bicyclic) bond motifs is 3. The first-order chi connectivity index (χ1) is 10.2. The molecule has 0 fully saturated rings. The second kappa shape index (κ2) is 4.34. The highest BCUT2D eigenvalue weighted by molar-refractivity contribution is 6.32. The van der Waals surface area contributed by atoms with Gasteiger partial charge in [0.25, 0.3) is 0 Å². The second-order valence-corrected chi connectivity index (χ2v) is 5.43. The highest BCUT2D eigenvalue weighted by Crippen LogP contribution is 2.50. The molecular formula is C19H13BO. The van der Waals surface area contributed by atoms with E-state index in [2.05, 4.69) is 12.1 Å². The maximum absolute atomic E-state index is 11.5. The molecule has 0 atom stereocenters. The highest BCUT2D eigenvalue weighted by atomic mass is 16.3. The van der Waals surface area contributed by atoms with Gasteiger partial charge in [0.1, 0.15) is 13.4 Å². The summed E-state index contributed by atoms with van der Waals surface area (Å²) in [6, 6.07) is 23.5. The number of benzene rings is 3. The fourth-order valence-corrected chi connectivity index (χ4v) is 3.29. The molecule has 3 aromatic rings. The van der Waals surface area contributed by atoms with Gasteiger partial charge in [-0.3, -0.25) is 0 Å². The van der Waals surface area contributed by atoms with Crippen LogP contribution in [0.1, 0.15) is 16.7 Å². The van der Waals surface area contributed by atoms with Crippen LogP contribution in [0.3, 0.4) is 0 Å². The zero-order valence-electron chi connectivity index (χ0n) is 11.5. The molecule has 0 saturated carbocycles. The summed E-state index contributed by atoms with van der Waals surface area (Å²) in [7, 11) is 5.91. The summed E-state index contributed by atoms with van der Waals surface area (Å²) in [5.41, 5.74) is 4.31. The molecule has 4 rings (SSSR count). The minimum Gasteiger partial charge on any atom is -0.376 e. The summed E-state index contributed by atoms with van der Waals surface area (Å²) < 4.78 is 0. The van der Waals surface area contributed by atoms with Gasteiger partial charge in [0.2, 0.25) is 0 Å². The molecule has 2 radical (unpaired) electrons. The molecule has 1 nitrogen and oxygen atoms in total. The fraction of sp³-hybridized carbons (Fsp3) is 0.0526. The van der Waals surface area contributed by atoms with E-state index in [4.69, 9.17) is 7.85 Å². The van der Waals surface area contributed by atoms with Gasteiger partial charge in [0, 0.05) is 11.1 Å². The molecule has 0 spiro atoms. The maximum Gasteiger partial charge on any atom is 0.141 e. The van der Waals surface area contributed by atoms with Crippen molar-refractivity contribution in [1.82, 2.24) is 0 Å². The van der Waals surface area contributed by atoms with Crippen LogP contribution in [-0.2, 0) is 5.60 Å². The maximum atomic E-state index is 11.5. The Balaban J connectivity index is 2.09. The van der Waals surface area contributed by atoms with Gasteiger partial charge in [-0.2, -0.15) is 0 Å². The van der Waals surface area contributed by atoms with E-state index in [1.54, 1.807) is 0 Å². The number of hydrogen-bond acceptors (Lipinski definition) is 1. The van der Waals surface area contributed by atoms with Gasteiger partial charge in [-0.25, -0.2) is 0 Å². The van der Waals surface area contributed by atoms with Crippen molar-refractivity contribution in [3.63, 3.8) is 0 Å². The Kier molecular flexibility index (Phi) is 2.57. The van der Waals surface area contributed by atoms with Crippen molar-refractivity contribution >= 4 is 13.3 Å². The topological polar surface area (TPSA) is 20.2 Å². The zero-order valence-corrected chi connectivity index (χ0v) is 11.5. The van der Waals surface area contributed by atoms with Crippen molar-refractivity contribution in [1.29, 1.82) is 0 Å². The molecule has 1 N–H and O–H groups in total. The van der Waals surface area contributed by atoms with Crippen LogP contribution >= 0.6 is 0 Å². The van der Waals surface area contributed by atoms with Crippen LogP contribution in [0.15, 0.2) is 72.8 Å². The Labute approximate surface area is 125 Å². The third-order valence-corrected chi connectivity index (χ3v) is 4.23. The third kappa shape index (κ3) is 1.63. The lowest BCUT2D eigenvalue weighted by atomic mass is 9.81. The summed E-state index contributed by atoms with van der Waals surface area (Å²) >= 11 is 0. The SMILES string of the molecule is [B]c1cccc(C2(O)c3ccccc3-c3ccccc32)c1. The Bertz CT molecular complexity index is 793. The van der Waals surface area contributed by atoms with Crippen LogP contribution in [0.4, 0.5) is 0 Å². The number of rotatable bonds is 1. The molecule has 0 heterocycles. The molecule has 1 aliphatic carbocycles. The van der Waals surface area contributed by atoms with Crippen LogP contribution in [0, 0.1) is 0 Å². The Morgan fingerprint density at radius 2 is 1.29 bits per heavy atom. The summed E-state index contributed by atoms with van der Waals surface area (Å²) in [5.74, 6) is 0. The molecule has 0 unspecified atom stereocenters. The van der Waals surface area contributed by atoms with Gasteiger partial charge >= 0.3 is 0 Å². The molecule has 3 aromatic carbocycles. The van der Waals surface area contributed by atoms with Crippen LogP contribution in [0.5, 0.6) is 0 Å². The largest absolute Gasteiger partial charge is 0.376 e. The molecule has 98 valence electrons. The van der Waals surface area contributed by atoms with E-state index in [0.29, 0.717) is 5.46 Å². The molecule has 0 aromatic heterocycles. The van der Waals surface area contributed by atoms with Gasteiger partial charge in [-0.15, -0.1) is 0 Å². The summed E-state index contributed by atoms with van der Waals surface area (Å²) in [6.07, 6.45) is 0. The number of aliphatic hydroxyl groups is 1. The van der Waals surface area contributed by atoms with Crippen molar-refractivity contribution in [3.8, 4) is 11.1 Å². The van der Waals surface area contributed by atoms with Gasteiger partial charge in [0.15, 0.2) is 0 Å². The van der Waals surface area contributed by atoms with Crippen molar-refractivity contribution in [3.05, 3.63) is 89.5 Å². The Morgan fingerprint density at radius 3 is 1.86 bits per heavy atom. The van der Waals surface area contributed by atoms with Gasteiger partial charge in [-0.1, -0.05) is 78.3 Å². The molecule has 0 aliphatic heterocycles. The third-order valence-electron chi connectivity index (χ3n) is 4.23. The smallest absolute Gasteiger partial charge is 0.141 e. The normalized spacial score (nSPS) is 14.5. The standard InChI is InChI=1S/C19H13BO/c20-14-7-5-6-13(12-14)19(21)17-10-3-1-8-15(17)16-9-2-4-11-18(16)19/h1-12,21H. The van der Waals surface area contributed by atoms with E-state index in [1.165, 1.54) is 0 Å². The van der Waals surface area contributed by atoms with E-state index in [-0.39, 0.29) is 0 Å². The van der Waals surface area contributed by atoms with Gasteiger partial charge < -0.3 is 5.11 Å². The molecule has 21 heavy (non-hydrogen) atoms. The predicted molar refractivity (Wildman–Crippen MR) is 85.8 cm³/mol. The van der Waals surface area contributed by atoms with Crippen LogP contribution in [-0.4, -0.2) is 13.0 Å². The van der Waals surface area contributed by atoms with Crippen LogP contribution < -0.4 is 5.46 Å². The molecule has 0 saturated heterocycles. The summed E-state index contributed by atoms with van der Waals surface area (Å²) in [4.78, 5) is 0. The summed E-state index contributed by atoms with van der Waals surface area (Å²) in [5, 5.41) is 11.5. The quantitative estimate of drug-likeness (QED) is 0.673. The lowest BCUT2D eigenvalue weighted by Crippen LogP contribution is -2.27.